The van der Waals surface area contributed by atoms with E-state index in [9.17, 15) is 4.79 Å². The van der Waals surface area contributed by atoms with Crippen LogP contribution in [-0.2, 0) is 16.1 Å². The molecule has 1 aromatic rings. The normalized spacial score (nSPS) is 16.5. The Morgan fingerprint density at radius 3 is 2.48 bits per heavy atom. The van der Waals surface area contributed by atoms with Gasteiger partial charge in [0.15, 0.2) is 0 Å². The fourth-order valence-electron chi connectivity index (χ4n) is 2.55. The molecular weight excluding hydrogens is 316 g/mol. The lowest BCUT2D eigenvalue weighted by molar-refractivity contribution is -0.124. The first-order valence-corrected chi connectivity index (χ1v) is 7.93. The summed E-state index contributed by atoms with van der Waals surface area (Å²) in [6, 6.07) is 7.29. The van der Waals surface area contributed by atoms with E-state index in [1.165, 1.54) is 0 Å². The van der Waals surface area contributed by atoms with E-state index in [1.807, 2.05) is 38.1 Å². The Kier molecular flexibility index (Phi) is 8.37. The molecule has 23 heavy (non-hydrogen) atoms. The van der Waals surface area contributed by atoms with Crippen LogP contribution in [0.25, 0.3) is 0 Å². The van der Waals surface area contributed by atoms with Crippen LogP contribution in [0.15, 0.2) is 24.3 Å². The van der Waals surface area contributed by atoms with E-state index in [0.717, 1.165) is 24.2 Å². The number of nitrogens with one attached hydrogen (secondary N) is 1. The summed E-state index contributed by atoms with van der Waals surface area (Å²) in [6.45, 7) is 5.86. The van der Waals surface area contributed by atoms with Gasteiger partial charge in [-0.15, -0.1) is 12.4 Å². The fraction of sp³-hybridized carbons (Fsp3) is 0.588. The van der Waals surface area contributed by atoms with Crippen molar-refractivity contribution in [1.29, 1.82) is 0 Å². The van der Waals surface area contributed by atoms with Gasteiger partial charge in [-0.05, 0) is 50.3 Å². The average molecular weight is 343 g/mol. The molecule has 0 aromatic heterocycles. The zero-order valence-corrected chi connectivity index (χ0v) is 14.6. The van der Waals surface area contributed by atoms with Gasteiger partial charge in [-0.1, -0.05) is 12.1 Å². The number of nitrogens with two attached hydrogens (primary N) is 1. The van der Waals surface area contributed by atoms with E-state index in [4.69, 9.17) is 15.2 Å². The second kappa shape index (κ2) is 9.75. The van der Waals surface area contributed by atoms with Gasteiger partial charge < -0.3 is 20.5 Å². The molecule has 1 atom stereocenters. The summed E-state index contributed by atoms with van der Waals surface area (Å²) in [5, 5.41) is 2.91. The number of carbonyl (C=O) groups excluding carboxylic acids is 1. The molecule has 1 aliphatic rings. The van der Waals surface area contributed by atoms with Gasteiger partial charge in [0.25, 0.3) is 0 Å². The maximum Gasteiger partial charge on any atom is 0.237 e. The molecule has 6 heteroatoms. The summed E-state index contributed by atoms with van der Waals surface area (Å²) in [4.78, 5) is 12.1. The maximum absolute atomic E-state index is 12.1. The summed E-state index contributed by atoms with van der Waals surface area (Å²) in [5.41, 5.74) is 7.08. The molecule has 0 spiro atoms. The van der Waals surface area contributed by atoms with E-state index in [2.05, 4.69) is 5.32 Å². The molecule has 1 amide bonds. The van der Waals surface area contributed by atoms with Gasteiger partial charge in [-0.2, -0.15) is 0 Å². The molecule has 1 heterocycles. The molecule has 2 rings (SSSR count). The fourth-order valence-corrected chi connectivity index (χ4v) is 2.55. The molecule has 1 saturated heterocycles. The van der Waals surface area contributed by atoms with E-state index in [0.29, 0.717) is 19.8 Å². The molecule has 0 radical (unpaired) electrons. The highest BCUT2D eigenvalue weighted by Gasteiger charge is 2.26. The Labute approximate surface area is 144 Å². The SMILES string of the molecule is CC(C)Oc1ccc(CNC(=O)C(N)C2CCOCC2)cc1.Cl. The van der Waals surface area contributed by atoms with Gasteiger partial charge in [0.2, 0.25) is 5.91 Å². The molecule has 1 aliphatic heterocycles. The van der Waals surface area contributed by atoms with Crippen molar-refractivity contribution in [2.24, 2.45) is 11.7 Å². The van der Waals surface area contributed by atoms with Crippen LogP contribution >= 0.6 is 12.4 Å². The highest BCUT2D eigenvalue weighted by Crippen LogP contribution is 2.18. The number of rotatable bonds is 6. The van der Waals surface area contributed by atoms with Gasteiger partial charge in [0.05, 0.1) is 12.1 Å². The lowest BCUT2D eigenvalue weighted by Crippen LogP contribution is -2.46. The number of amides is 1. The number of hydrogen-bond donors (Lipinski definition) is 2. The van der Waals surface area contributed by atoms with E-state index < -0.39 is 6.04 Å². The predicted octanol–water partition coefficient (Wildman–Crippen LogP) is 2.27. The van der Waals surface area contributed by atoms with Crippen LogP contribution in [0.5, 0.6) is 5.75 Å². The van der Waals surface area contributed by atoms with Crippen molar-refractivity contribution in [2.75, 3.05) is 13.2 Å². The Balaban J connectivity index is 0.00000264. The topological polar surface area (TPSA) is 73.6 Å². The van der Waals surface area contributed by atoms with Crippen LogP contribution in [0.1, 0.15) is 32.3 Å². The molecule has 3 N–H and O–H groups in total. The summed E-state index contributed by atoms with van der Waals surface area (Å²) < 4.78 is 10.9. The number of halogens is 1. The van der Waals surface area contributed by atoms with E-state index in [-0.39, 0.29) is 30.3 Å². The molecule has 1 unspecified atom stereocenters. The molecule has 5 nitrogen and oxygen atoms in total. The standard InChI is InChI=1S/C17H26N2O3.ClH/c1-12(2)22-15-5-3-13(4-6-15)11-19-17(20)16(18)14-7-9-21-10-8-14;/h3-6,12,14,16H,7-11,18H2,1-2H3,(H,19,20);1H. The average Bonchev–Trinajstić information content (AvgIpc) is 2.53. The van der Waals surface area contributed by atoms with Gasteiger partial charge in [-0.3, -0.25) is 4.79 Å². The molecule has 1 fully saturated rings. The molecule has 0 bridgehead atoms. The minimum Gasteiger partial charge on any atom is -0.491 e. The zero-order chi connectivity index (χ0) is 15.9. The summed E-state index contributed by atoms with van der Waals surface area (Å²) in [7, 11) is 0. The Hall–Kier alpha value is -1.30. The zero-order valence-electron chi connectivity index (χ0n) is 13.8. The first kappa shape index (κ1) is 19.7. The summed E-state index contributed by atoms with van der Waals surface area (Å²) in [5.74, 6) is 0.967. The van der Waals surface area contributed by atoms with Crippen molar-refractivity contribution in [3.8, 4) is 5.75 Å². The number of hydrogen-bond acceptors (Lipinski definition) is 4. The lowest BCUT2D eigenvalue weighted by Gasteiger charge is -2.26. The summed E-state index contributed by atoms with van der Waals surface area (Å²) >= 11 is 0. The first-order chi connectivity index (χ1) is 10.6. The van der Waals surface area contributed by atoms with Crippen molar-refractivity contribution < 1.29 is 14.3 Å². The minimum atomic E-state index is -0.451. The number of benzene rings is 1. The van der Waals surface area contributed by atoms with Crippen LogP contribution in [0, 0.1) is 5.92 Å². The monoisotopic (exact) mass is 342 g/mol. The van der Waals surface area contributed by atoms with Crippen molar-refractivity contribution in [3.63, 3.8) is 0 Å². The highest BCUT2D eigenvalue weighted by atomic mass is 35.5. The maximum atomic E-state index is 12.1. The molecule has 130 valence electrons. The van der Waals surface area contributed by atoms with E-state index in [1.54, 1.807) is 0 Å². The molecular formula is C17H27ClN2O3. The largest absolute Gasteiger partial charge is 0.491 e. The highest BCUT2D eigenvalue weighted by molar-refractivity contribution is 5.85. The first-order valence-electron chi connectivity index (χ1n) is 7.93. The number of carbonyl (C=O) groups is 1. The number of ether oxygens (including phenoxy) is 2. The van der Waals surface area contributed by atoms with Crippen LogP contribution < -0.4 is 15.8 Å². The van der Waals surface area contributed by atoms with Gasteiger partial charge in [-0.25, -0.2) is 0 Å². The molecule has 1 aromatic carbocycles. The predicted molar refractivity (Wildman–Crippen MR) is 92.8 cm³/mol. The smallest absolute Gasteiger partial charge is 0.237 e. The van der Waals surface area contributed by atoms with Crippen LogP contribution in [0.2, 0.25) is 0 Å². The second-order valence-corrected chi connectivity index (χ2v) is 6.00. The van der Waals surface area contributed by atoms with Crippen molar-refractivity contribution in [1.82, 2.24) is 5.32 Å². The second-order valence-electron chi connectivity index (χ2n) is 6.00. The van der Waals surface area contributed by atoms with Crippen molar-refractivity contribution >= 4 is 18.3 Å². The van der Waals surface area contributed by atoms with Gasteiger partial charge in [0, 0.05) is 19.8 Å². The summed E-state index contributed by atoms with van der Waals surface area (Å²) in [6.07, 6.45) is 1.87. The third-order valence-corrected chi connectivity index (χ3v) is 3.84. The Morgan fingerprint density at radius 1 is 1.30 bits per heavy atom. The van der Waals surface area contributed by atoms with Crippen LogP contribution in [0.4, 0.5) is 0 Å². The van der Waals surface area contributed by atoms with Crippen molar-refractivity contribution in [3.05, 3.63) is 29.8 Å². The van der Waals surface area contributed by atoms with Gasteiger partial charge >= 0.3 is 0 Å². The van der Waals surface area contributed by atoms with Crippen LogP contribution in [0.3, 0.4) is 0 Å². The third-order valence-electron chi connectivity index (χ3n) is 3.84. The Bertz CT molecular complexity index is 473. The van der Waals surface area contributed by atoms with Crippen LogP contribution in [-0.4, -0.2) is 31.3 Å². The minimum absolute atomic E-state index is 0. The third kappa shape index (κ3) is 6.37. The quantitative estimate of drug-likeness (QED) is 0.831. The van der Waals surface area contributed by atoms with Gasteiger partial charge in [0.1, 0.15) is 5.75 Å². The van der Waals surface area contributed by atoms with E-state index >= 15 is 0 Å². The van der Waals surface area contributed by atoms with Crippen molar-refractivity contribution in [2.45, 2.75) is 45.4 Å². The molecule has 0 aliphatic carbocycles. The Morgan fingerprint density at radius 2 is 1.91 bits per heavy atom. The molecule has 0 saturated carbocycles. The lowest BCUT2D eigenvalue weighted by atomic mass is 9.92.